The van der Waals surface area contributed by atoms with Crippen LogP contribution in [-0.2, 0) is 16.1 Å². The number of nitrogens with zero attached hydrogens (tertiary/aromatic N) is 4. The molecule has 3 heterocycles. The fourth-order valence-corrected chi connectivity index (χ4v) is 7.48. The Morgan fingerprint density at radius 1 is 1.10 bits per heavy atom. The molecule has 1 aliphatic heterocycles. The van der Waals surface area contributed by atoms with Gasteiger partial charge in [-0.2, -0.15) is 0 Å². The molecule has 1 aromatic carbocycles. The average molecular weight is 566 g/mol. The minimum atomic E-state index is -0.391. The normalized spacial score (nSPS) is 29.1. The molecule has 0 bridgehead atoms. The monoisotopic (exact) mass is 565 g/mol. The summed E-state index contributed by atoms with van der Waals surface area (Å²) in [6, 6.07) is 6.56. The zero-order valence-electron chi connectivity index (χ0n) is 23.2. The van der Waals surface area contributed by atoms with Gasteiger partial charge in [0.05, 0.1) is 28.5 Å². The molecule has 0 spiro atoms. The number of fused-ring (bicyclic) bond motifs is 1. The minimum absolute atomic E-state index is 0.0176. The molecule has 3 aliphatic rings. The van der Waals surface area contributed by atoms with Crippen molar-refractivity contribution in [1.82, 2.24) is 19.9 Å². The second-order valence-electron chi connectivity index (χ2n) is 11.9. The summed E-state index contributed by atoms with van der Waals surface area (Å²) in [6.45, 7) is 5.65. The molecule has 2 aromatic heterocycles. The fourth-order valence-electron chi connectivity index (χ4n) is 6.58. The van der Waals surface area contributed by atoms with Crippen LogP contribution in [0.3, 0.4) is 0 Å². The number of ether oxygens (including phenoxy) is 1. The molecular formula is C30H39N5O4S. The Labute approximate surface area is 239 Å². The molecule has 3 aromatic rings. The number of hydrogen-bond donors (Lipinski definition) is 3. The van der Waals surface area contributed by atoms with Crippen molar-refractivity contribution in [2.24, 2.45) is 11.8 Å². The first-order valence-corrected chi connectivity index (χ1v) is 15.4. The van der Waals surface area contributed by atoms with Crippen molar-refractivity contribution in [3.8, 4) is 11.1 Å². The van der Waals surface area contributed by atoms with E-state index in [2.05, 4.69) is 45.1 Å². The predicted octanol–water partition coefficient (Wildman–Crippen LogP) is 4.38. The van der Waals surface area contributed by atoms with Gasteiger partial charge in [0.1, 0.15) is 6.61 Å². The van der Waals surface area contributed by atoms with Crippen LogP contribution in [0.25, 0.3) is 21.3 Å². The van der Waals surface area contributed by atoms with E-state index in [1.807, 2.05) is 12.1 Å². The Kier molecular flexibility index (Phi) is 8.14. The second kappa shape index (κ2) is 11.8. The van der Waals surface area contributed by atoms with Crippen LogP contribution in [0.4, 0.5) is 5.13 Å². The lowest BCUT2D eigenvalue weighted by Crippen LogP contribution is -2.59. The summed E-state index contributed by atoms with van der Waals surface area (Å²) in [7, 11) is 0. The Morgan fingerprint density at radius 2 is 1.88 bits per heavy atom. The van der Waals surface area contributed by atoms with Crippen LogP contribution in [0, 0.1) is 11.8 Å². The highest BCUT2D eigenvalue weighted by Crippen LogP contribution is 2.38. The summed E-state index contributed by atoms with van der Waals surface area (Å²) in [5.74, 6) is 1.01. The molecule has 10 heteroatoms. The Balaban J connectivity index is 1.04. The number of aromatic nitrogens is 3. The predicted molar refractivity (Wildman–Crippen MR) is 155 cm³/mol. The summed E-state index contributed by atoms with van der Waals surface area (Å²) in [6.07, 6.45) is 9.00. The van der Waals surface area contributed by atoms with Gasteiger partial charge in [0, 0.05) is 36.0 Å². The molecule has 0 radical (unpaired) electrons. The Bertz CT molecular complexity index is 1330. The van der Waals surface area contributed by atoms with Crippen LogP contribution < -0.4 is 5.32 Å². The lowest BCUT2D eigenvalue weighted by Gasteiger charge is -2.50. The van der Waals surface area contributed by atoms with E-state index in [-0.39, 0.29) is 30.1 Å². The number of aliphatic hydroxyl groups is 2. The third-order valence-corrected chi connectivity index (χ3v) is 9.76. The molecule has 1 saturated heterocycles. The van der Waals surface area contributed by atoms with E-state index in [9.17, 15) is 15.0 Å². The van der Waals surface area contributed by atoms with E-state index in [4.69, 9.17) is 4.74 Å². The largest absolute Gasteiger partial charge is 0.391 e. The van der Waals surface area contributed by atoms with Crippen LogP contribution in [0.2, 0.25) is 0 Å². The maximum Gasteiger partial charge on any atom is 0.229 e. The van der Waals surface area contributed by atoms with Crippen molar-refractivity contribution in [2.75, 3.05) is 11.9 Å². The SMILES string of the molecule is CC(C)[C@@H]1[C@H](O)CCCN1C1CC(C(=O)Nc2nc3ccc(-c4cnc(CO[C@H]5CCC[C@@H]5O)nc4)cc3s2)C1. The summed E-state index contributed by atoms with van der Waals surface area (Å²) in [5.41, 5.74) is 2.73. The highest BCUT2D eigenvalue weighted by atomic mass is 32.1. The van der Waals surface area contributed by atoms with Crippen LogP contribution in [0.15, 0.2) is 30.6 Å². The number of benzene rings is 1. The summed E-state index contributed by atoms with van der Waals surface area (Å²) >= 11 is 1.47. The minimum Gasteiger partial charge on any atom is -0.391 e. The first kappa shape index (κ1) is 27.7. The lowest BCUT2D eigenvalue weighted by atomic mass is 9.76. The second-order valence-corrected chi connectivity index (χ2v) is 13.0. The van der Waals surface area contributed by atoms with Crippen molar-refractivity contribution in [2.45, 2.75) is 95.8 Å². The Hall–Kier alpha value is -2.50. The van der Waals surface area contributed by atoms with Gasteiger partial charge in [0.15, 0.2) is 11.0 Å². The highest BCUT2D eigenvalue weighted by Gasteiger charge is 2.44. The topological polar surface area (TPSA) is 121 Å². The van der Waals surface area contributed by atoms with Crippen molar-refractivity contribution in [3.05, 3.63) is 36.4 Å². The first-order chi connectivity index (χ1) is 19.4. The van der Waals surface area contributed by atoms with Gasteiger partial charge in [-0.1, -0.05) is 31.3 Å². The van der Waals surface area contributed by atoms with Gasteiger partial charge < -0.3 is 20.3 Å². The van der Waals surface area contributed by atoms with Gasteiger partial charge in [0.2, 0.25) is 5.91 Å². The van der Waals surface area contributed by atoms with Gasteiger partial charge >= 0.3 is 0 Å². The Morgan fingerprint density at radius 3 is 2.60 bits per heavy atom. The van der Waals surface area contributed by atoms with Crippen LogP contribution >= 0.6 is 11.3 Å². The lowest BCUT2D eigenvalue weighted by molar-refractivity contribution is -0.127. The standard InChI is InChI=1S/C30H39N5O4S/c1-17(2)28-24(37)6-4-10-35(28)21-11-19(12-21)29(38)34-30-33-22-9-8-18(13-26(22)40-30)20-14-31-27(32-15-20)16-39-25-7-3-5-23(25)36/h8-9,13-15,17,19,21,23-25,28,36-37H,3-7,10-12,16H2,1-2H3,(H,33,34,38)/t19?,21?,23-,24+,25-,28+/m0/s1. The summed E-state index contributed by atoms with van der Waals surface area (Å²) in [4.78, 5) is 29.0. The number of piperidine rings is 1. The average Bonchev–Trinajstić information content (AvgIpc) is 3.51. The third kappa shape index (κ3) is 5.78. The van der Waals surface area contributed by atoms with Gasteiger partial charge in [-0.25, -0.2) is 15.0 Å². The third-order valence-electron chi connectivity index (χ3n) is 8.83. The molecule has 2 saturated carbocycles. The first-order valence-electron chi connectivity index (χ1n) is 14.6. The molecule has 0 unspecified atom stereocenters. The van der Waals surface area contributed by atoms with Crippen LogP contribution in [-0.4, -0.2) is 72.9 Å². The molecule has 4 atom stereocenters. The van der Waals surface area contributed by atoms with E-state index in [0.29, 0.717) is 29.5 Å². The van der Waals surface area contributed by atoms with Gasteiger partial charge in [0.25, 0.3) is 0 Å². The summed E-state index contributed by atoms with van der Waals surface area (Å²) in [5, 5.41) is 24.1. The van der Waals surface area contributed by atoms with E-state index in [1.165, 1.54) is 11.3 Å². The zero-order valence-corrected chi connectivity index (χ0v) is 24.0. The molecule has 3 fully saturated rings. The molecule has 214 valence electrons. The number of amides is 1. The highest BCUT2D eigenvalue weighted by molar-refractivity contribution is 7.22. The van der Waals surface area contributed by atoms with Crippen LogP contribution in [0.1, 0.15) is 64.6 Å². The number of thiazole rings is 1. The molecule has 40 heavy (non-hydrogen) atoms. The summed E-state index contributed by atoms with van der Waals surface area (Å²) < 4.78 is 6.78. The van der Waals surface area contributed by atoms with Crippen molar-refractivity contribution >= 4 is 32.6 Å². The molecule has 1 amide bonds. The maximum absolute atomic E-state index is 13.0. The van der Waals surface area contributed by atoms with E-state index in [0.717, 1.165) is 72.8 Å². The van der Waals surface area contributed by atoms with Gasteiger partial charge in [-0.15, -0.1) is 0 Å². The quantitative estimate of drug-likeness (QED) is 0.368. The fraction of sp³-hybridized carbons (Fsp3) is 0.600. The van der Waals surface area contributed by atoms with E-state index >= 15 is 0 Å². The number of likely N-dealkylation sites (tertiary alicyclic amines) is 1. The smallest absolute Gasteiger partial charge is 0.229 e. The zero-order chi connectivity index (χ0) is 27.8. The molecule has 6 rings (SSSR count). The van der Waals surface area contributed by atoms with Gasteiger partial charge in [-0.3, -0.25) is 9.69 Å². The maximum atomic E-state index is 13.0. The number of carbonyl (C=O) groups is 1. The van der Waals surface area contributed by atoms with Crippen molar-refractivity contribution in [1.29, 1.82) is 0 Å². The number of rotatable bonds is 8. The molecule has 9 nitrogen and oxygen atoms in total. The number of hydrogen-bond acceptors (Lipinski definition) is 9. The molecular weight excluding hydrogens is 526 g/mol. The van der Waals surface area contributed by atoms with Crippen molar-refractivity contribution in [3.63, 3.8) is 0 Å². The van der Waals surface area contributed by atoms with E-state index in [1.54, 1.807) is 12.4 Å². The number of anilines is 1. The van der Waals surface area contributed by atoms with Crippen LogP contribution in [0.5, 0.6) is 0 Å². The number of aliphatic hydroxyl groups excluding tert-OH is 2. The molecule has 2 aliphatic carbocycles. The molecule has 3 N–H and O–H groups in total. The van der Waals surface area contributed by atoms with Gasteiger partial charge in [-0.05, 0) is 75.1 Å². The van der Waals surface area contributed by atoms with Crippen molar-refractivity contribution < 1.29 is 19.7 Å². The van der Waals surface area contributed by atoms with E-state index < -0.39 is 6.10 Å². The number of nitrogens with one attached hydrogen (secondary N) is 1. The number of carbonyl (C=O) groups excluding carboxylic acids is 1.